The average Bonchev–Trinajstić information content (AvgIpc) is 2.62. The van der Waals surface area contributed by atoms with Crippen molar-refractivity contribution in [2.45, 2.75) is 6.92 Å². The highest BCUT2D eigenvalue weighted by Gasteiger charge is 2.25. The van der Waals surface area contributed by atoms with Gasteiger partial charge in [-0.15, -0.1) is 6.42 Å². The molecule has 0 saturated carbocycles. The maximum absolute atomic E-state index is 12.2. The quantitative estimate of drug-likeness (QED) is 0.504. The number of anilines is 2. The molecule has 0 aliphatic carbocycles. The van der Waals surface area contributed by atoms with Crippen molar-refractivity contribution in [1.29, 1.82) is 0 Å². The van der Waals surface area contributed by atoms with E-state index in [1.807, 2.05) is 0 Å². The van der Waals surface area contributed by atoms with Crippen LogP contribution in [0.1, 0.15) is 21.5 Å². The lowest BCUT2D eigenvalue weighted by Crippen LogP contribution is -2.23. The molecule has 1 unspecified atom stereocenters. The lowest BCUT2D eigenvalue weighted by Gasteiger charge is -2.24. The van der Waals surface area contributed by atoms with E-state index in [2.05, 4.69) is 5.92 Å². The number of benzene rings is 2. The molecule has 130 valence electrons. The van der Waals surface area contributed by atoms with Gasteiger partial charge in [0, 0.05) is 5.56 Å². The van der Waals surface area contributed by atoms with Crippen LogP contribution in [-0.4, -0.2) is 29.0 Å². The van der Waals surface area contributed by atoms with Crippen LogP contribution in [0.4, 0.5) is 11.4 Å². The zero-order chi connectivity index (χ0) is 18.6. The summed E-state index contributed by atoms with van der Waals surface area (Å²) in [6.45, 7) is 1.70. The molecule has 7 heteroatoms. The van der Waals surface area contributed by atoms with Crippen molar-refractivity contribution in [3.05, 3.63) is 53.1 Å². The molecule has 0 amide bonds. The van der Waals surface area contributed by atoms with Crippen LogP contribution in [0.2, 0.25) is 0 Å². The van der Waals surface area contributed by atoms with Crippen LogP contribution < -0.4 is 9.04 Å². The van der Waals surface area contributed by atoms with Gasteiger partial charge in [0.15, 0.2) is 0 Å². The third-order valence-electron chi connectivity index (χ3n) is 3.54. The Hall–Kier alpha value is -2.82. The van der Waals surface area contributed by atoms with Gasteiger partial charge in [-0.1, -0.05) is 5.92 Å². The lowest BCUT2D eigenvalue weighted by atomic mass is 10.0. The molecule has 2 rings (SSSR count). The topological polar surface area (TPSA) is 76.1 Å². The maximum Gasteiger partial charge on any atom is 0.340 e. The minimum absolute atomic E-state index is 0.105. The summed E-state index contributed by atoms with van der Waals surface area (Å²) in [5.41, 5.74) is 1.79. The molecule has 2 aromatic carbocycles. The molecular formula is C18H17NO5S. The fourth-order valence-corrected chi connectivity index (χ4v) is 3.11. The summed E-state index contributed by atoms with van der Waals surface area (Å²) in [6.07, 6.45) is 5.42. The highest BCUT2D eigenvalue weighted by Crippen LogP contribution is 2.35. The Bertz CT molecular complexity index is 855. The summed E-state index contributed by atoms with van der Waals surface area (Å²) in [7, 11) is 2.76. The monoisotopic (exact) mass is 359 g/mol. The van der Waals surface area contributed by atoms with Gasteiger partial charge in [0.2, 0.25) is 0 Å². The van der Waals surface area contributed by atoms with Crippen LogP contribution in [0.25, 0.3) is 0 Å². The van der Waals surface area contributed by atoms with E-state index in [-0.39, 0.29) is 11.3 Å². The van der Waals surface area contributed by atoms with Crippen LogP contribution in [0, 0.1) is 19.3 Å². The van der Waals surface area contributed by atoms with E-state index >= 15 is 0 Å². The summed E-state index contributed by atoms with van der Waals surface area (Å²) >= 11 is -2.43. The number of aryl methyl sites for hydroxylation is 1. The zero-order valence-electron chi connectivity index (χ0n) is 14.0. The number of carbonyl (C=O) groups excluding carboxylic acids is 1. The molecule has 0 radical (unpaired) electrons. The SMILES string of the molecule is C#Cc1cc(C)c(N(c2ccc(OC)cc2)S(=O)O)c(C(=O)OC)c1. The summed E-state index contributed by atoms with van der Waals surface area (Å²) < 4.78 is 32.9. The molecule has 25 heavy (non-hydrogen) atoms. The van der Waals surface area contributed by atoms with E-state index in [1.54, 1.807) is 37.3 Å². The molecule has 0 aromatic heterocycles. The number of ether oxygens (including phenoxy) is 2. The molecule has 0 aliphatic heterocycles. The van der Waals surface area contributed by atoms with E-state index in [9.17, 15) is 13.6 Å². The average molecular weight is 359 g/mol. The van der Waals surface area contributed by atoms with Crippen LogP contribution >= 0.6 is 0 Å². The van der Waals surface area contributed by atoms with Crippen molar-refractivity contribution in [3.8, 4) is 18.1 Å². The predicted octanol–water partition coefficient (Wildman–Crippen LogP) is 3.05. The number of hydrogen-bond donors (Lipinski definition) is 1. The van der Waals surface area contributed by atoms with Crippen molar-refractivity contribution in [2.24, 2.45) is 0 Å². The molecule has 0 fully saturated rings. The summed E-state index contributed by atoms with van der Waals surface area (Å²) in [5.74, 6) is 2.40. The van der Waals surface area contributed by atoms with Gasteiger partial charge in [-0.3, -0.25) is 4.55 Å². The van der Waals surface area contributed by atoms with E-state index in [4.69, 9.17) is 15.9 Å². The number of hydrogen-bond acceptors (Lipinski definition) is 4. The molecular weight excluding hydrogens is 342 g/mol. The normalized spacial score (nSPS) is 11.3. The van der Waals surface area contributed by atoms with Crippen molar-refractivity contribution in [2.75, 3.05) is 18.5 Å². The van der Waals surface area contributed by atoms with Gasteiger partial charge < -0.3 is 9.47 Å². The molecule has 1 atom stereocenters. The van der Waals surface area contributed by atoms with Gasteiger partial charge in [-0.25, -0.2) is 13.3 Å². The Balaban J connectivity index is 2.71. The smallest absolute Gasteiger partial charge is 0.340 e. The first-order valence-electron chi connectivity index (χ1n) is 7.17. The fraction of sp³-hybridized carbons (Fsp3) is 0.167. The third-order valence-corrected chi connectivity index (χ3v) is 4.24. The largest absolute Gasteiger partial charge is 0.497 e. The third kappa shape index (κ3) is 3.82. The number of methoxy groups -OCH3 is 2. The summed E-state index contributed by atoms with van der Waals surface area (Å²) in [4.78, 5) is 12.2. The number of esters is 1. The van der Waals surface area contributed by atoms with Crippen LogP contribution in [0.5, 0.6) is 5.75 Å². The highest BCUT2D eigenvalue weighted by atomic mass is 32.2. The van der Waals surface area contributed by atoms with Crippen LogP contribution in [0.3, 0.4) is 0 Å². The second kappa shape index (κ2) is 7.83. The standard InChI is InChI=1S/C18H17NO5S/c1-5-13-10-12(2)17(16(11-13)18(20)24-4)19(25(21)22)14-6-8-15(23-3)9-7-14/h1,6-11H,2-4H3,(H,21,22). The fourth-order valence-electron chi connectivity index (χ4n) is 2.41. The highest BCUT2D eigenvalue weighted by molar-refractivity contribution is 7.81. The Morgan fingerprint density at radius 3 is 2.36 bits per heavy atom. The summed E-state index contributed by atoms with van der Waals surface area (Å²) in [6, 6.07) is 9.64. The molecule has 2 aromatic rings. The number of carbonyl (C=O) groups is 1. The van der Waals surface area contributed by atoms with Gasteiger partial charge in [-0.05, 0) is 48.9 Å². The minimum atomic E-state index is -2.43. The molecule has 1 N–H and O–H groups in total. The Morgan fingerprint density at radius 1 is 1.24 bits per heavy atom. The molecule has 0 bridgehead atoms. The van der Waals surface area contributed by atoms with Gasteiger partial charge in [-0.2, -0.15) is 0 Å². The van der Waals surface area contributed by atoms with Crippen molar-refractivity contribution in [3.63, 3.8) is 0 Å². The molecule has 6 nitrogen and oxygen atoms in total. The first-order valence-corrected chi connectivity index (χ1v) is 8.24. The maximum atomic E-state index is 12.2. The van der Waals surface area contributed by atoms with E-state index in [1.165, 1.54) is 20.3 Å². The minimum Gasteiger partial charge on any atom is -0.497 e. The van der Waals surface area contributed by atoms with Crippen LogP contribution in [-0.2, 0) is 16.0 Å². The lowest BCUT2D eigenvalue weighted by molar-refractivity contribution is 0.0601. The van der Waals surface area contributed by atoms with E-state index < -0.39 is 17.2 Å². The number of nitrogens with zero attached hydrogens (tertiary/aromatic N) is 1. The van der Waals surface area contributed by atoms with Crippen molar-refractivity contribution in [1.82, 2.24) is 0 Å². The predicted molar refractivity (Wildman–Crippen MR) is 96.4 cm³/mol. The molecule has 0 saturated heterocycles. The Morgan fingerprint density at radius 2 is 1.88 bits per heavy atom. The second-order valence-corrected chi connectivity index (χ2v) is 5.87. The van der Waals surface area contributed by atoms with Crippen molar-refractivity contribution >= 4 is 28.6 Å². The van der Waals surface area contributed by atoms with Gasteiger partial charge >= 0.3 is 5.97 Å². The number of rotatable bonds is 5. The molecule has 0 heterocycles. The molecule has 0 spiro atoms. The van der Waals surface area contributed by atoms with Gasteiger partial charge in [0.05, 0.1) is 31.2 Å². The van der Waals surface area contributed by atoms with Gasteiger partial charge in [0.25, 0.3) is 11.3 Å². The van der Waals surface area contributed by atoms with Crippen molar-refractivity contribution < 1.29 is 23.0 Å². The molecule has 0 aliphatic rings. The van der Waals surface area contributed by atoms with E-state index in [0.717, 1.165) is 4.31 Å². The second-order valence-electron chi connectivity index (χ2n) is 5.05. The number of terminal acetylenes is 1. The summed E-state index contributed by atoms with van der Waals surface area (Å²) in [5, 5.41) is 0. The first-order chi connectivity index (χ1) is 11.9. The Kier molecular flexibility index (Phi) is 5.80. The first kappa shape index (κ1) is 18.5. The zero-order valence-corrected chi connectivity index (χ0v) is 14.8. The van der Waals surface area contributed by atoms with Crippen LogP contribution in [0.15, 0.2) is 36.4 Å². The van der Waals surface area contributed by atoms with Gasteiger partial charge in [0.1, 0.15) is 5.75 Å². The Labute approximate surface area is 148 Å². The van der Waals surface area contributed by atoms with E-state index in [0.29, 0.717) is 22.6 Å².